The lowest BCUT2D eigenvalue weighted by atomic mass is 10.0. The monoisotopic (exact) mass is 499 g/mol. The minimum atomic E-state index is -4.43. The predicted octanol–water partition coefficient (Wildman–Crippen LogP) is 7.04. The minimum absolute atomic E-state index is 0.201. The van der Waals surface area contributed by atoms with E-state index in [0.717, 1.165) is 38.6 Å². The molecule has 0 amide bonds. The first kappa shape index (κ1) is 21.8. The van der Waals surface area contributed by atoms with Crippen molar-refractivity contribution in [3.8, 4) is 5.75 Å². The van der Waals surface area contributed by atoms with Crippen LogP contribution in [0.4, 0.5) is 19.0 Å². The third kappa shape index (κ3) is 5.26. The number of nitrogens with zero attached hydrogens (tertiary/aromatic N) is 2. The Morgan fingerprint density at radius 2 is 1.75 bits per heavy atom. The third-order valence-electron chi connectivity index (χ3n) is 4.70. The number of pyridine rings is 1. The summed E-state index contributed by atoms with van der Waals surface area (Å²) in [7, 11) is 0. The maximum atomic E-state index is 12.7. The van der Waals surface area contributed by atoms with Gasteiger partial charge in [-0.05, 0) is 46.7 Å². The fourth-order valence-corrected chi connectivity index (χ4v) is 3.33. The Balaban J connectivity index is 1.56. The van der Waals surface area contributed by atoms with Crippen LogP contribution in [0.25, 0.3) is 10.8 Å². The highest BCUT2D eigenvalue weighted by Gasteiger charge is 2.30. The fourth-order valence-electron chi connectivity index (χ4n) is 3.07. The molecule has 0 saturated heterocycles. The summed E-state index contributed by atoms with van der Waals surface area (Å²) in [6, 6.07) is 21.7. The van der Waals surface area contributed by atoms with Crippen molar-refractivity contribution >= 4 is 38.7 Å². The molecule has 1 N–H and O–H groups in total. The molecule has 1 aromatic heterocycles. The van der Waals surface area contributed by atoms with Gasteiger partial charge in [0.05, 0.1) is 11.8 Å². The van der Waals surface area contributed by atoms with Gasteiger partial charge in [0.2, 0.25) is 0 Å². The molecular formula is C24H17BrF3N3O. The highest BCUT2D eigenvalue weighted by atomic mass is 79.9. The van der Waals surface area contributed by atoms with Crippen molar-refractivity contribution in [3.63, 3.8) is 0 Å². The van der Waals surface area contributed by atoms with Crippen LogP contribution in [0.1, 0.15) is 16.7 Å². The number of rotatable bonds is 6. The Hall–Kier alpha value is -3.39. The molecule has 0 aliphatic rings. The highest BCUT2D eigenvalue weighted by molar-refractivity contribution is 9.10. The molecule has 4 aromatic rings. The van der Waals surface area contributed by atoms with Crippen molar-refractivity contribution in [1.29, 1.82) is 0 Å². The second-order valence-corrected chi connectivity index (χ2v) is 7.83. The van der Waals surface area contributed by atoms with E-state index < -0.39 is 11.7 Å². The molecule has 8 heteroatoms. The summed E-state index contributed by atoms with van der Waals surface area (Å²) in [5.74, 6) is 0.837. The van der Waals surface area contributed by atoms with Gasteiger partial charge in [-0.2, -0.15) is 18.3 Å². The van der Waals surface area contributed by atoms with Gasteiger partial charge in [-0.15, -0.1) is 0 Å². The number of hydrogen-bond donors (Lipinski definition) is 1. The van der Waals surface area contributed by atoms with Crippen molar-refractivity contribution < 1.29 is 17.9 Å². The minimum Gasteiger partial charge on any atom is -0.488 e. The summed E-state index contributed by atoms with van der Waals surface area (Å²) in [5, 5.41) is 6.12. The molecule has 0 spiro atoms. The van der Waals surface area contributed by atoms with Gasteiger partial charge in [0.15, 0.2) is 0 Å². The van der Waals surface area contributed by atoms with Crippen molar-refractivity contribution in [1.82, 2.24) is 4.98 Å². The van der Waals surface area contributed by atoms with Crippen LogP contribution in [-0.4, -0.2) is 11.2 Å². The molecule has 0 saturated carbocycles. The average Bonchev–Trinajstić information content (AvgIpc) is 2.79. The van der Waals surface area contributed by atoms with Gasteiger partial charge < -0.3 is 4.74 Å². The summed E-state index contributed by atoms with van der Waals surface area (Å²) in [5.41, 5.74) is 3.62. The standard InChI is InChI=1S/C24H17BrF3N3O/c25-19-9-5-16(6-10-19)15-32-22-11-7-17-3-1-2-4-20(17)21(22)14-30-31-23-12-8-18(13-29-23)24(26,27)28/h1-14H,15H2,(H,29,31)/b30-14-. The molecule has 32 heavy (non-hydrogen) atoms. The number of aromatic nitrogens is 1. The maximum Gasteiger partial charge on any atom is 0.417 e. The molecule has 3 aromatic carbocycles. The molecular weight excluding hydrogens is 483 g/mol. The molecule has 0 atom stereocenters. The van der Waals surface area contributed by atoms with Crippen LogP contribution in [0.15, 0.2) is 88.6 Å². The number of hydrazone groups is 1. The van der Waals surface area contributed by atoms with E-state index in [9.17, 15) is 13.2 Å². The Labute approximate surface area is 190 Å². The molecule has 162 valence electrons. The van der Waals surface area contributed by atoms with Gasteiger partial charge in [-0.1, -0.05) is 58.4 Å². The van der Waals surface area contributed by atoms with Crippen LogP contribution >= 0.6 is 15.9 Å². The number of alkyl halides is 3. The Morgan fingerprint density at radius 1 is 0.969 bits per heavy atom. The lowest BCUT2D eigenvalue weighted by molar-refractivity contribution is -0.137. The molecule has 0 bridgehead atoms. The lowest BCUT2D eigenvalue weighted by Crippen LogP contribution is -2.05. The van der Waals surface area contributed by atoms with Gasteiger partial charge in [0.25, 0.3) is 0 Å². The van der Waals surface area contributed by atoms with Crippen molar-refractivity contribution in [2.75, 3.05) is 5.43 Å². The van der Waals surface area contributed by atoms with E-state index in [1.807, 2.05) is 60.7 Å². The lowest BCUT2D eigenvalue weighted by Gasteiger charge is -2.12. The van der Waals surface area contributed by atoms with Gasteiger partial charge >= 0.3 is 6.18 Å². The first-order valence-corrected chi connectivity index (χ1v) is 10.4. The second-order valence-electron chi connectivity index (χ2n) is 6.91. The van der Waals surface area contributed by atoms with Crippen LogP contribution in [0.3, 0.4) is 0 Å². The smallest absolute Gasteiger partial charge is 0.417 e. The van der Waals surface area contributed by atoms with E-state index >= 15 is 0 Å². The maximum absolute atomic E-state index is 12.7. The third-order valence-corrected chi connectivity index (χ3v) is 5.23. The molecule has 0 aliphatic carbocycles. The second kappa shape index (κ2) is 9.40. The van der Waals surface area contributed by atoms with Gasteiger partial charge in [-0.25, -0.2) is 4.98 Å². The fraction of sp³-hybridized carbons (Fsp3) is 0.0833. The number of ether oxygens (including phenoxy) is 1. The Kier molecular flexibility index (Phi) is 6.41. The zero-order chi connectivity index (χ0) is 22.6. The summed E-state index contributed by atoms with van der Waals surface area (Å²) in [6.45, 7) is 0.375. The molecule has 0 unspecified atom stereocenters. The number of anilines is 1. The van der Waals surface area contributed by atoms with Crippen LogP contribution in [0, 0.1) is 0 Å². The Bertz CT molecular complexity index is 1240. The topological polar surface area (TPSA) is 46.5 Å². The first-order valence-electron chi connectivity index (χ1n) is 9.61. The van der Waals surface area contributed by atoms with Crippen LogP contribution < -0.4 is 10.2 Å². The number of fused-ring (bicyclic) bond motifs is 1. The van der Waals surface area contributed by atoms with E-state index in [-0.39, 0.29) is 5.82 Å². The first-order chi connectivity index (χ1) is 15.4. The summed E-state index contributed by atoms with van der Waals surface area (Å²) in [4.78, 5) is 3.76. The quantitative estimate of drug-likeness (QED) is 0.228. The number of hydrogen-bond acceptors (Lipinski definition) is 4. The number of benzene rings is 3. The zero-order valence-electron chi connectivity index (χ0n) is 16.6. The Morgan fingerprint density at radius 3 is 2.47 bits per heavy atom. The predicted molar refractivity (Wildman–Crippen MR) is 123 cm³/mol. The van der Waals surface area contributed by atoms with Gasteiger partial charge in [0, 0.05) is 16.2 Å². The molecule has 0 aliphatic heterocycles. The van der Waals surface area contributed by atoms with E-state index in [1.165, 1.54) is 6.07 Å². The molecule has 1 heterocycles. The SMILES string of the molecule is FC(F)(F)c1ccc(N/N=C\c2c(OCc3ccc(Br)cc3)ccc3ccccc23)nc1. The normalized spacial score (nSPS) is 11.8. The largest absolute Gasteiger partial charge is 0.488 e. The summed E-state index contributed by atoms with van der Waals surface area (Å²) >= 11 is 3.42. The molecule has 4 nitrogen and oxygen atoms in total. The van der Waals surface area contributed by atoms with Gasteiger partial charge in [-0.3, -0.25) is 5.43 Å². The van der Waals surface area contributed by atoms with Gasteiger partial charge in [0.1, 0.15) is 18.2 Å². The summed E-state index contributed by atoms with van der Waals surface area (Å²) in [6.07, 6.45) is -2.08. The van der Waals surface area contributed by atoms with E-state index in [1.54, 1.807) is 6.21 Å². The van der Waals surface area contributed by atoms with E-state index in [4.69, 9.17) is 4.74 Å². The van der Waals surface area contributed by atoms with Crippen LogP contribution in [-0.2, 0) is 12.8 Å². The molecule has 0 fully saturated rings. The average molecular weight is 500 g/mol. The van der Waals surface area contributed by atoms with Crippen molar-refractivity contribution in [2.24, 2.45) is 5.10 Å². The summed E-state index contributed by atoms with van der Waals surface area (Å²) < 4.78 is 45.1. The van der Waals surface area contributed by atoms with Crippen molar-refractivity contribution in [3.05, 3.63) is 100 Å². The van der Waals surface area contributed by atoms with E-state index in [2.05, 4.69) is 31.4 Å². The molecule has 0 radical (unpaired) electrons. The number of halogens is 4. The highest BCUT2D eigenvalue weighted by Crippen LogP contribution is 2.29. The van der Waals surface area contributed by atoms with Crippen LogP contribution in [0.5, 0.6) is 5.75 Å². The van der Waals surface area contributed by atoms with Crippen molar-refractivity contribution in [2.45, 2.75) is 12.8 Å². The zero-order valence-corrected chi connectivity index (χ0v) is 18.2. The molecule has 4 rings (SSSR count). The van der Waals surface area contributed by atoms with Crippen LogP contribution in [0.2, 0.25) is 0 Å². The van der Waals surface area contributed by atoms with E-state index in [0.29, 0.717) is 12.4 Å². The number of nitrogens with one attached hydrogen (secondary N) is 1.